The molecule has 2 aromatic rings. The van der Waals surface area contributed by atoms with Crippen LogP contribution in [0, 0.1) is 27.7 Å². The summed E-state index contributed by atoms with van der Waals surface area (Å²) in [5.41, 5.74) is 7.70. The van der Waals surface area contributed by atoms with Crippen molar-refractivity contribution in [1.82, 2.24) is 10.6 Å². The Bertz CT molecular complexity index is 652. The van der Waals surface area contributed by atoms with Crippen molar-refractivity contribution in [1.29, 1.82) is 0 Å². The molecular formula is C25H40N4. The third-order valence-corrected chi connectivity index (χ3v) is 5.44. The van der Waals surface area contributed by atoms with Gasteiger partial charge < -0.3 is 10.6 Å². The summed E-state index contributed by atoms with van der Waals surface area (Å²) in [6.45, 7) is 15.1. The van der Waals surface area contributed by atoms with Crippen molar-refractivity contribution in [3.8, 4) is 0 Å². The van der Waals surface area contributed by atoms with Crippen molar-refractivity contribution in [2.24, 2.45) is 0 Å². The molecule has 0 aromatic heterocycles. The summed E-state index contributed by atoms with van der Waals surface area (Å²) in [4.78, 5) is 0. The van der Waals surface area contributed by atoms with Gasteiger partial charge in [-0.05, 0) is 89.7 Å². The third-order valence-electron chi connectivity index (χ3n) is 5.44. The molecule has 2 aromatic carbocycles. The largest absolute Gasteiger partial charge is 0.370 e. The molecule has 29 heavy (non-hydrogen) atoms. The number of benzene rings is 2. The van der Waals surface area contributed by atoms with E-state index in [9.17, 15) is 0 Å². The number of hydrogen-bond donors (Lipinski definition) is 4. The minimum atomic E-state index is 0.273. The van der Waals surface area contributed by atoms with Crippen molar-refractivity contribution < 1.29 is 0 Å². The first kappa shape index (κ1) is 23.2. The molecule has 0 aliphatic rings. The summed E-state index contributed by atoms with van der Waals surface area (Å²) in [6.07, 6.45) is 4.16. The van der Waals surface area contributed by atoms with Gasteiger partial charge in [-0.1, -0.05) is 42.8 Å². The van der Waals surface area contributed by atoms with Crippen LogP contribution in [0.5, 0.6) is 0 Å². The molecule has 0 spiro atoms. The van der Waals surface area contributed by atoms with E-state index in [1.165, 1.54) is 52.9 Å². The van der Waals surface area contributed by atoms with Crippen LogP contribution in [0.1, 0.15) is 55.4 Å². The number of para-hydroxylation sites is 2. The molecular weight excluding hydrogens is 356 g/mol. The second-order valence-electron chi connectivity index (χ2n) is 8.23. The summed E-state index contributed by atoms with van der Waals surface area (Å²) in [6, 6.07) is 12.9. The van der Waals surface area contributed by atoms with Crippen LogP contribution in [0.3, 0.4) is 0 Å². The van der Waals surface area contributed by atoms with Gasteiger partial charge >= 0.3 is 0 Å². The lowest BCUT2D eigenvalue weighted by Gasteiger charge is -2.21. The third kappa shape index (κ3) is 7.71. The van der Waals surface area contributed by atoms with Gasteiger partial charge in [0.2, 0.25) is 0 Å². The Morgan fingerprint density at radius 3 is 1.28 bits per heavy atom. The zero-order valence-corrected chi connectivity index (χ0v) is 19.2. The monoisotopic (exact) mass is 396 g/mol. The van der Waals surface area contributed by atoms with E-state index in [4.69, 9.17) is 0 Å². The second kappa shape index (κ2) is 11.8. The minimum absolute atomic E-state index is 0.273. The lowest BCUT2D eigenvalue weighted by molar-refractivity contribution is 0.526. The van der Waals surface area contributed by atoms with Crippen LogP contribution in [0.2, 0.25) is 0 Å². The maximum atomic E-state index is 3.60. The van der Waals surface area contributed by atoms with Gasteiger partial charge in [-0.25, -0.2) is 0 Å². The van der Waals surface area contributed by atoms with Crippen molar-refractivity contribution >= 4 is 11.4 Å². The number of hydrogen-bond acceptors (Lipinski definition) is 4. The Morgan fingerprint density at radius 1 is 0.586 bits per heavy atom. The van der Waals surface area contributed by atoms with Crippen LogP contribution in [0.4, 0.5) is 11.4 Å². The summed E-state index contributed by atoms with van der Waals surface area (Å²) in [5, 5.41) is 14.4. The fourth-order valence-electron chi connectivity index (χ4n) is 3.68. The maximum Gasteiger partial charge on any atom is 0.0739 e. The van der Waals surface area contributed by atoms with Gasteiger partial charge in [-0.3, -0.25) is 10.6 Å². The first-order valence-corrected chi connectivity index (χ1v) is 11.0. The number of rotatable bonds is 12. The van der Waals surface area contributed by atoms with Crippen LogP contribution in [0.15, 0.2) is 36.4 Å². The molecule has 4 heteroatoms. The highest BCUT2D eigenvalue weighted by Gasteiger charge is 2.07. The second-order valence-corrected chi connectivity index (χ2v) is 8.23. The molecule has 0 fully saturated rings. The minimum Gasteiger partial charge on any atom is -0.370 e. The zero-order chi connectivity index (χ0) is 21.2. The molecule has 2 atom stereocenters. The molecule has 0 aliphatic heterocycles. The van der Waals surface area contributed by atoms with Crippen molar-refractivity contribution in [2.45, 2.75) is 73.1 Å². The molecule has 0 radical (unpaired) electrons. The molecule has 0 saturated carbocycles. The van der Waals surface area contributed by atoms with Crippen LogP contribution >= 0.6 is 0 Å². The van der Waals surface area contributed by atoms with E-state index < -0.39 is 0 Å². The number of nitrogens with one attached hydrogen (secondary N) is 4. The van der Waals surface area contributed by atoms with Gasteiger partial charge in [0.1, 0.15) is 0 Å². The average molecular weight is 397 g/mol. The van der Waals surface area contributed by atoms with Crippen molar-refractivity contribution in [2.75, 3.05) is 23.7 Å². The smallest absolute Gasteiger partial charge is 0.0739 e. The Balaban J connectivity index is 1.57. The van der Waals surface area contributed by atoms with E-state index in [1.54, 1.807) is 0 Å². The van der Waals surface area contributed by atoms with E-state index in [0.29, 0.717) is 0 Å². The van der Waals surface area contributed by atoms with Gasteiger partial charge in [0, 0.05) is 11.4 Å². The molecule has 4 N–H and O–H groups in total. The number of anilines is 2. The lowest BCUT2D eigenvalue weighted by atomic mass is 10.1. The molecule has 160 valence electrons. The highest BCUT2D eigenvalue weighted by molar-refractivity contribution is 5.57. The molecule has 0 heterocycles. The zero-order valence-electron chi connectivity index (χ0n) is 19.2. The van der Waals surface area contributed by atoms with E-state index >= 15 is 0 Å². The molecule has 0 amide bonds. The van der Waals surface area contributed by atoms with Crippen molar-refractivity contribution in [3.63, 3.8) is 0 Å². The van der Waals surface area contributed by atoms with Gasteiger partial charge in [0.05, 0.1) is 12.3 Å². The standard InChI is InChI=1S/C25H40N4/c1-18-12-10-13-19(2)24(18)28-22(5)26-16-8-7-9-17-27-23(6)29-25-20(3)14-11-15-21(25)4/h10-15,22-23,26-29H,7-9,16-17H2,1-6H3. The number of unbranched alkanes of at least 4 members (excludes halogenated alkanes) is 2. The SMILES string of the molecule is Cc1cccc(C)c1NC(C)NCCCCCNC(C)Nc1c(C)cccc1C. The first-order valence-electron chi connectivity index (χ1n) is 11.0. The quantitative estimate of drug-likeness (QED) is 0.283. The van der Waals surface area contributed by atoms with E-state index in [-0.39, 0.29) is 12.3 Å². The Kier molecular flexibility index (Phi) is 9.49. The molecule has 4 nitrogen and oxygen atoms in total. The lowest BCUT2D eigenvalue weighted by Crippen LogP contribution is -2.35. The Hall–Kier alpha value is -2.04. The molecule has 0 aliphatic carbocycles. The Labute approximate surface area is 177 Å². The fraction of sp³-hybridized carbons (Fsp3) is 0.520. The molecule has 2 rings (SSSR count). The summed E-state index contributed by atoms with van der Waals surface area (Å²) in [7, 11) is 0. The van der Waals surface area contributed by atoms with E-state index in [2.05, 4.69) is 99.2 Å². The predicted molar refractivity (Wildman–Crippen MR) is 128 cm³/mol. The molecule has 0 saturated heterocycles. The maximum absolute atomic E-state index is 3.60. The predicted octanol–water partition coefficient (Wildman–Crippen LogP) is 5.49. The van der Waals surface area contributed by atoms with Gasteiger partial charge in [0.25, 0.3) is 0 Å². The van der Waals surface area contributed by atoms with E-state index in [1.807, 2.05) is 0 Å². The average Bonchev–Trinajstić information content (AvgIpc) is 2.67. The van der Waals surface area contributed by atoms with Crippen LogP contribution in [0.25, 0.3) is 0 Å². The van der Waals surface area contributed by atoms with Crippen LogP contribution < -0.4 is 21.3 Å². The van der Waals surface area contributed by atoms with Gasteiger partial charge in [-0.15, -0.1) is 0 Å². The normalized spacial score (nSPS) is 13.2. The number of aryl methyl sites for hydroxylation is 4. The van der Waals surface area contributed by atoms with Crippen molar-refractivity contribution in [3.05, 3.63) is 58.7 Å². The molecule has 2 unspecified atom stereocenters. The van der Waals surface area contributed by atoms with Crippen LogP contribution in [-0.2, 0) is 0 Å². The highest BCUT2D eigenvalue weighted by Crippen LogP contribution is 2.20. The fourth-order valence-corrected chi connectivity index (χ4v) is 3.68. The summed E-state index contributed by atoms with van der Waals surface area (Å²) >= 11 is 0. The van der Waals surface area contributed by atoms with Crippen LogP contribution in [-0.4, -0.2) is 25.4 Å². The molecule has 0 bridgehead atoms. The first-order chi connectivity index (χ1) is 13.9. The summed E-state index contributed by atoms with van der Waals surface area (Å²) in [5.74, 6) is 0. The van der Waals surface area contributed by atoms with E-state index in [0.717, 1.165) is 13.1 Å². The van der Waals surface area contributed by atoms with Gasteiger partial charge in [-0.2, -0.15) is 0 Å². The Morgan fingerprint density at radius 2 is 0.931 bits per heavy atom. The topological polar surface area (TPSA) is 48.1 Å². The highest BCUT2D eigenvalue weighted by atomic mass is 15.1. The summed E-state index contributed by atoms with van der Waals surface area (Å²) < 4.78 is 0. The van der Waals surface area contributed by atoms with Gasteiger partial charge in [0.15, 0.2) is 0 Å².